The molecule has 1 aliphatic heterocycles. The molecule has 1 fully saturated rings. The number of benzene rings is 2. The second-order valence-corrected chi connectivity index (χ2v) is 7.09. The number of nitrogens with one attached hydrogen (secondary N) is 2. The molecule has 1 aliphatic rings. The van der Waals surface area contributed by atoms with Crippen LogP contribution in [0.4, 0.5) is 29.2 Å². The molecule has 1 saturated heterocycles. The second-order valence-electron chi connectivity index (χ2n) is 7.09. The van der Waals surface area contributed by atoms with Gasteiger partial charge in [-0.05, 0) is 24.6 Å². The van der Waals surface area contributed by atoms with Crippen LogP contribution in [0.15, 0.2) is 53.6 Å². The van der Waals surface area contributed by atoms with Crippen LogP contribution in [0.2, 0.25) is 0 Å². The molecule has 0 unspecified atom stereocenters. The van der Waals surface area contributed by atoms with E-state index in [1.54, 1.807) is 18.3 Å². The number of morpholine rings is 1. The number of nitrogens with zero attached hydrogens (tertiary/aromatic N) is 6. The van der Waals surface area contributed by atoms with E-state index in [9.17, 15) is 10.1 Å². The molecule has 32 heavy (non-hydrogen) atoms. The van der Waals surface area contributed by atoms with Crippen molar-refractivity contribution >= 4 is 35.4 Å². The Morgan fingerprint density at radius 2 is 1.72 bits per heavy atom. The summed E-state index contributed by atoms with van der Waals surface area (Å²) in [4.78, 5) is 25.8. The maximum atomic E-state index is 10.9. The van der Waals surface area contributed by atoms with Crippen molar-refractivity contribution in [2.75, 3.05) is 41.9 Å². The first-order chi connectivity index (χ1) is 15.6. The van der Waals surface area contributed by atoms with Gasteiger partial charge in [-0.3, -0.25) is 10.1 Å². The minimum absolute atomic E-state index is 0.00741. The molecule has 3 aromatic rings. The normalized spacial score (nSPS) is 13.8. The number of aryl methyl sites for hydroxylation is 1. The van der Waals surface area contributed by atoms with Crippen LogP contribution in [0.1, 0.15) is 11.1 Å². The number of ether oxygens (including phenoxy) is 1. The lowest BCUT2D eigenvalue weighted by Crippen LogP contribution is -2.37. The fraction of sp³-hybridized carbons (Fsp3) is 0.238. The van der Waals surface area contributed by atoms with Gasteiger partial charge >= 0.3 is 0 Å². The molecule has 0 aliphatic carbocycles. The molecule has 11 heteroatoms. The molecule has 11 nitrogen and oxygen atoms in total. The van der Waals surface area contributed by atoms with Crippen molar-refractivity contribution in [3.05, 3.63) is 69.8 Å². The van der Waals surface area contributed by atoms with E-state index >= 15 is 0 Å². The Hall–Kier alpha value is -4.12. The smallest absolute Gasteiger partial charge is 0.269 e. The quantitative estimate of drug-likeness (QED) is 0.327. The van der Waals surface area contributed by atoms with Gasteiger partial charge in [-0.25, -0.2) is 5.43 Å². The van der Waals surface area contributed by atoms with Gasteiger partial charge in [-0.15, -0.1) is 0 Å². The van der Waals surface area contributed by atoms with Crippen molar-refractivity contribution in [1.82, 2.24) is 15.0 Å². The number of nitro benzene ring substituents is 1. The molecule has 0 bridgehead atoms. The molecule has 0 spiro atoms. The lowest BCUT2D eigenvalue weighted by molar-refractivity contribution is -0.384. The summed E-state index contributed by atoms with van der Waals surface area (Å²) in [5.41, 5.74) is 5.59. The fourth-order valence-electron chi connectivity index (χ4n) is 2.99. The van der Waals surface area contributed by atoms with Gasteiger partial charge in [-0.1, -0.05) is 29.8 Å². The highest BCUT2D eigenvalue weighted by atomic mass is 16.6. The number of rotatable bonds is 7. The zero-order valence-electron chi connectivity index (χ0n) is 17.4. The van der Waals surface area contributed by atoms with Gasteiger partial charge < -0.3 is 15.0 Å². The highest BCUT2D eigenvalue weighted by Gasteiger charge is 2.17. The predicted molar refractivity (Wildman–Crippen MR) is 122 cm³/mol. The summed E-state index contributed by atoms with van der Waals surface area (Å²) in [7, 11) is 0. The average molecular weight is 434 g/mol. The van der Waals surface area contributed by atoms with Crippen LogP contribution in [0.3, 0.4) is 0 Å². The number of hydrogen-bond donors (Lipinski definition) is 2. The molecule has 164 valence electrons. The van der Waals surface area contributed by atoms with Crippen molar-refractivity contribution in [3.8, 4) is 0 Å². The first-order valence-electron chi connectivity index (χ1n) is 10.0. The Morgan fingerprint density at radius 3 is 2.41 bits per heavy atom. The summed E-state index contributed by atoms with van der Waals surface area (Å²) in [6, 6.07) is 14.0. The minimum Gasteiger partial charge on any atom is -0.378 e. The lowest BCUT2D eigenvalue weighted by atomic mass is 10.2. The van der Waals surface area contributed by atoms with Crippen LogP contribution in [-0.2, 0) is 4.74 Å². The first-order valence-corrected chi connectivity index (χ1v) is 10.0. The average Bonchev–Trinajstić information content (AvgIpc) is 2.81. The number of hydrogen-bond acceptors (Lipinski definition) is 10. The van der Waals surface area contributed by atoms with Gasteiger partial charge in [0.1, 0.15) is 0 Å². The maximum absolute atomic E-state index is 10.9. The van der Waals surface area contributed by atoms with E-state index in [1.165, 1.54) is 17.7 Å². The number of non-ortho nitro benzene ring substituents is 1. The molecule has 0 amide bonds. The molecule has 1 aromatic heterocycles. The van der Waals surface area contributed by atoms with E-state index < -0.39 is 4.92 Å². The molecular weight excluding hydrogens is 412 g/mol. The van der Waals surface area contributed by atoms with Crippen molar-refractivity contribution in [1.29, 1.82) is 0 Å². The topological polar surface area (TPSA) is 131 Å². The number of nitro groups is 1. The van der Waals surface area contributed by atoms with Crippen molar-refractivity contribution in [3.63, 3.8) is 0 Å². The van der Waals surface area contributed by atoms with Gasteiger partial charge in [-0.2, -0.15) is 20.1 Å². The summed E-state index contributed by atoms with van der Waals surface area (Å²) in [5, 5.41) is 18.2. The van der Waals surface area contributed by atoms with E-state index in [0.717, 1.165) is 5.56 Å². The Morgan fingerprint density at radius 1 is 1.03 bits per heavy atom. The molecule has 4 rings (SSSR count). The molecule has 2 heterocycles. The summed E-state index contributed by atoms with van der Waals surface area (Å²) in [6.07, 6.45) is 1.68. The highest BCUT2D eigenvalue weighted by Crippen LogP contribution is 2.21. The van der Waals surface area contributed by atoms with Gasteiger partial charge in [0.05, 0.1) is 24.4 Å². The van der Waals surface area contributed by atoms with Gasteiger partial charge in [0.15, 0.2) is 0 Å². The third kappa shape index (κ3) is 5.52. The Bertz CT molecular complexity index is 1100. The molecule has 2 N–H and O–H groups in total. The van der Waals surface area contributed by atoms with Crippen LogP contribution in [-0.4, -0.2) is 52.4 Å². The summed E-state index contributed by atoms with van der Waals surface area (Å²) >= 11 is 0. The molecule has 0 radical (unpaired) electrons. The van der Waals surface area contributed by atoms with Crippen LogP contribution in [0.25, 0.3) is 0 Å². The molecule has 2 aromatic carbocycles. The van der Waals surface area contributed by atoms with Gasteiger partial charge in [0.2, 0.25) is 17.8 Å². The van der Waals surface area contributed by atoms with Gasteiger partial charge in [0.25, 0.3) is 5.69 Å². The standard InChI is InChI=1S/C21H22N8O3/c1-15-2-4-16(5-3-15)14-22-27-20-24-19(23-17-6-8-18(9-7-17)29(30)31)25-21(26-20)28-10-12-32-13-11-28/h2-9,14H,10-13H2,1H3,(H2,23,24,25,26,27)/b22-14+. The maximum Gasteiger partial charge on any atom is 0.269 e. The van der Waals surface area contributed by atoms with E-state index in [-0.39, 0.29) is 11.6 Å². The predicted octanol–water partition coefficient (Wildman–Crippen LogP) is 3.11. The number of aromatic nitrogens is 3. The van der Waals surface area contributed by atoms with Crippen molar-refractivity contribution in [2.45, 2.75) is 6.92 Å². The Labute approximate surface area is 184 Å². The minimum atomic E-state index is -0.447. The SMILES string of the molecule is Cc1ccc(/C=N/Nc2nc(Nc3ccc([N+](=O)[O-])cc3)nc(N3CCOCC3)n2)cc1. The van der Waals surface area contributed by atoms with Gasteiger partial charge in [0, 0.05) is 30.9 Å². The van der Waals surface area contributed by atoms with E-state index in [4.69, 9.17) is 4.74 Å². The molecule has 0 saturated carbocycles. The zero-order chi connectivity index (χ0) is 22.3. The third-order valence-electron chi connectivity index (χ3n) is 4.71. The monoisotopic (exact) mass is 434 g/mol. The van der Waals surface area contributed by atoms with E-state index in [0.29, 0.717) is 43.9 Å². The fourth-order valence-corrected chi connectivity index (χ4v) is 2.99. The Balaban J connectivity index is 1.55. The van der Waals surface area contributed by atoms with Crippen LogP contribution in [0, 0.1) is 17.0 Å². The van der Waals surface area contributed by atoms with Crippen LogP contribution >= 0.6 is 0 Å². The zero-order valence-corrected chi connectivity index (χ0v) is 17.4. The molecular formula is C21H22N8O3. The van der Waals surface area contributed by atoms with E-state index in [1.807, 2.05) is 36.1 Å². The van der Waals surface area contributed by atoms with Crippen molar-refractivity contribution in [2.24, 2.45) is 5.10 Å². The summed E-state index contributed by atoms with van der Waals surface area (Å²) < 4.78 is 5.41. The number of hydrazone groups is 1. The lowest BCUT2D eigenvalue weighted by Gasteiger charge is -2.27. The van der Waals surface area contributed by atoms with Crippen LogP contribution in [0.5, 0.6) is 0 Å². The second kappa shape index (κ2) is 9.79. The van der Waals surface area contributed by atoms with Crippen molar-refractivity contribution < 1.29 is 9.66 Å². The Kier molecular flexibility index (Phi) is 6.46. The highest BCUT2D eigenvalue weighted by molar-refractivity contribution is 5.80. The van der Waals surface area contributed by atoms with E-state index in [2.05, 4.69) is 30.8 Å². The first kappa shape index (κ1) is 21.1. The van der Waals surface area contributed by atoms with Crippen LogP contribution < -0.4 is 15.6 Å². The summed E-state index contributed by atoms with van der Waals surface area (Å²) in [6.45, 7) is 4.52. The number of anilines is 4. The summed E-state index contributed by atoms with van der Waals surface area (Å²) in [5.74, 6) is 1.05. The molecule has 0 atom stereocenters. The largest absolute Gasteiger partial charge is 0.378 e. The third-order valence-corrected chi connectivity index (χ3v) is 4.71.